The van der Waals surface area contributed by atoms with Gasteiger partial charge in [0, 0.05) is 24.5 Å². The maximum atomic E-state index is 13.1. The number of benzene rings is 1. The summed E-state index contributed by atoms with van der Waals surface area (Å²) in [5.74, 6) is -0.487. The Labute approximate surface area is 189 Å². The summed E-state index contributed by atoms with van der Waals surface area (Å²) in [5.41, 5.74) is 0.841. The first kappa shape index (κ1) is 21.6. The monoisotopic (exact) mass is 452 g/mol. The van der Waals surface area contributed by atoms with E-state index in [2.05, 4.69) is 4.98 Å². The van der Waals surface area contributed by atoms with Gasteiger partial charge in [0.15, 0.2) is 0 Å². The van der Waals surface area contributed by atoms with Gasteiger partial charge in [-0.15, -0.1) is 0 Å². The molecule has 2 aromatic heterocycles. The number of furan rings is 1. The fourth-order valence-electron chi connectivity index (χ4n) is 3.72. The number of hydrogen-bond acceptors (Lipinski definition) is 6. The topological polar surface area (TPSA) is 92.9 Å². The van der Waals surface area contributed by atoms with E-state index >= 15 is 0 Å². The summed E-state index contributed by atoms with van der Waals surface area (Å²) in [5, 5.41) is 11.4. The molecular formula is C24H21ClN2O5. The molecule has 8 heteroatoms. The fraction of sp³-hybridized carbons (Fsp3) is 0.208. The molecule has 1 fully saturated rings. The predicted molar refractivity (Wildman–Crippen MR) is 118 cm³/mol. The second-order valence-electron chi connectivity index (χ2n) is 7.31. The molecule has 3 heterocycles. The van der Waals surface area contributed by atoms with Crippen LogP contribution in [0.1, 0.15) is 35.6 Å². The molecule has 164 valence electrons. The number of carbonyl (C=O) groups is 2. The fourth-order valence-corrected chi connectivity index (χ4v) is 3.92. The van der Waals surface area contributed by atoms with Crippen molar-refractivity contribution < 1.29 is 23.8 Å². The molecule has 3 aromatic rings. The van der Waals surface area contributed by atoms with Crippen LogP contribution in [0.4, 0.5) is 0 Å². The van der Waals surface area contributed by atoms with Gasteiger partial charge in [-0.1, -0.05) is 17.7 Å². The zero-order valence-electron chi connectivity index (χ0n) is 17.5. The smallest absolute Gasteiger partial charge is 0.296 e. The summed E-state index contributed by atoms with van der Waals surface area (Å²) in [6.07, 6.45) is 3.24. The Hall–Kier alpha value is -3.58. The number of aliphatic hydroxyl groups is 1. The number of ether oxygens (including phenoxy) is 1. The number of likely N-dealkylation sites (tertiary alicyclic amines) is 1. The standard InChI is InChI=1S/C24H21ClN2O5/c1-3-31-16-7-8-18(25)17(11-16)22(28)20-21(19-9-6-14(2)32-19)27(24(30)23(20)29)13-15-5-4-10-26-12-15/h4-12,21,28H,3,13H2,1-2H3/b22-20+. The van der Waals surface area contributed by atoms with E-state index in [1.807, 2.05) is 6.92 Å². The van der Waals surface area contributed by atoms with Crippen LogP contribution in [-0.4, -0.2) is 33.3 Å². The Morgan fingerprint density at radius 2 is 2.06 bits per heavy atom. The van der Waals surface area contributed by atoms with E-state index < -0.39 is 17.7 Å². The van der Waals surface area contributed by atoms with E-state index in [4.69, 9.17) is 20.8 Å². The Morgan fingerprint density at radius 3 is 2.72 bits per heavy atom. The average molecular weight is 453 g/mol. The van der Waals surface area contributed by atoms with Crippen molar-refractivity contribution in [3.8, 4) is 5.75 Å². The van der Waals surface area contributed by atoms with Gasteiger partial charge in [-0.05, 0) is 55.8 Å². The Balaban J connectivity index is 1.86. The maximum Gasteiger partial charge on any atom is 0.296 e. The molecule has 1 saturated heterocycles. The molecule has 1 aliphatic heterocycles. The minimum Gasteiger partial charge on any atom is -0.507 e. The molecule has 0 radical (unpaired) electrons. The zero-order valence-corrected chi connectivity index (χ0v) is 18.3. The largest absolute Gasteiger partial charge is 0.507 e. The molecule has 0 aliphatic carbocycles. The SMILES string of the molecule is CCOc1ccc(Cl)c(/C(O)=C2\C(=O)C(=O)N(Cc3cccnc3)C2c2ccc(C)o2)c1. The van der Waals surface area contributed by atoms with Gasteiger partial charge >= 0.3 is 0 Å². The highest BCUT2D eigenvalue weighted by Gasteiger charge is 2.47. The lowest BCUT2D eigenvalue weighted by atomic mass is 9.99. The van der Waals surface area contributed by atoms with Gasteiger partial charge in [0.25, 0.3) is 11.7 Å². The third-order valence-electron chi connectivity index (χ3n) is 5.15. The Morgan fingerprint density at radius 1 is 1.25 bits per heavy atom. The van der Waals surface area contributed by atoms with Gasteiger partial charge in [-0.25, -0.2) is 0 Å². The first-order chi connectivity index (χ1) is 15.4. The maximum absolute atomic E-state index is 13.1. The number of Topliss-reactive ketones (excluding diaryl/α,β-unsaturated/α-hetero) is 1. The van der Waals surface area contributed by atoms with E-state index in [1.54, 1.807) is 61.8 Å². The molecule has 7 nitrogen and oxygen atoms in total. The highest BCUT2D eigenvalue weighted by atomic mass is 35.5. The van der Waals surface area contributed by atoms with Crippen LogP contribution in [0.2, 0.25) is 5.02 Å². The van der Waals surface area contributed by atoms with Crippen molar-refractivity contribution in [1.82, 2.24) is 9.88 Å². The average Bonchev–Trinajstić information content (AvgIpc) is 3.32. The minimum atomic E-state index is -0.921. The summed E-state index contributed by atoms with van der Waals surface area (Å²) in [6.45, 7) is 4.13. The number of rotatable bonds is 6. The molecule has 1 unspecified atom stereocenters. The van der Waals surface area contributed by atoms with E-state index in [0.29, 0.717) is 23.9 Å². The molecular weight excluding hydrogens is 432 g/mol. The van der Waals surface area contributed by atoms with Crippen LogP contribution in [-0.2, 0) is 16.1 Å². The molecule has 0 spiro atoms. The van der Waals surface area contributed by atoms with Crippen molar-refractivity contribution in [3.63, 3.8) is 0 Å². The molecule has 1 N–H and O–H groups in total. The molecule has 32 heavy (non-hydrogen) atoms. The van der Waals surface area contributed by atoms with Gasteiger partial charge in [0.2, 0.25) is 0 Å². The minimum absolute atomic E-state index is 0.0937. The van der Waals surface area contributed by atoms with Gasteiger partial charge < -0.3 is 19.2 Å². The summed E-state index contributed by atoms with van der Waals surface area (Å²) in [6, 6.07) is 10.8. The number of pyridine rings is 1. The van der Waals surface area contributed by atoms with Crippen molar-refractivity contribution in [1.29, 1.82) is 0 Å². The second-order valence-corrected chi connectivity index (χ2v) is 7.72. The van der Waals surface area contributed by atoms with Gasteiger partial charge in [0.1, 0.15) is 29.1 Å². The summed E-state index contributed by atoms with van der Waals surface area (Å²) < 4.78 is 11.3. The molecule has 1 aromatic carbocycles. The van der Waals surface area contributed by atoms with Crippen LogP contribution in [0.15, 0.2) is 64.8 Å². The molecule has 0 bridgehead atoms. The third kappa shape index (κ3) is 3.99. The molecule has 1 atom stereocenters. The van der Waals surface area contributed by atoms with E-state index in [0.717, 1.165) is 5.56 Å². The number of aliphatic hydroxyl groups excluding tert-OH is 1. The van der Waals surface area contributed by atoms with Crippen molar-refractivity contribution in [2.45, 2.75) is 26.4 Å². The third-order valence-corrected chi connectivity index (χ3v) is 5.48. The highest BCUT2D eigenvalue weighted by Crippen LogP contribution is 2.42. The van der Waals surface area contributed by atoms with Crippen LogP contribution in [0.5, 0.6) is 5.75 Å². The lowest BCUT2D eigenvalue weighted by Gasteiger charge is -2.23. The molecule has 4 rings (SSSR count). The van der Waals surface area contributed by atoms with Crippen LogP contribution in [0, 0.1) is 6.92 Å². The first-order valence-corrected chi connectivity index (χ1v) is 10.4. The molecule has 1 amide bonds. The number of hydrogen-bond donors (Lipinski definition) is 1. The number of nitrogens with zero attached hydrogens (tertiary/aromatic N) is 2. The van der Waals surface area contributed by atoms with E-state index in [-0.39, 0.29) is 28.5 Å². The number of aromatic nitrogens is 1. The second kappa shape index (κ2) is 8.88. The van der Waals surface area contributed by atoms with Crippen molar-refractivity contribution in [2.24, 2.45) is 0 Å². The summed E-state index contributed by atoms with van der Waals surface area (Å²) in [4.78, 5) is 31.5. The van der Waals surface area contributed by atoms with Gasteiger partial charge in [-0.2, -0.15) is 0 Å². The Bertz CT molecular complexity index is 1200. The molecule has 0 saturated carbocycles. The van der Waals surface area contributed by atoms with Crippen LogP contribution < -0.4 is 4.74 Å². The summed E-state index contributed by atoms with van der Waals surface area (Å²) >= 11 is 6.33. The first-order valence-electron chi connectivity index (χ1n) is 10.1. The highest BCUT2D eigenvalue weighted by molar-refractivity contribution is 6.46. The number of carbonyl (C=O) groups excluding carboxylic acids is 2. The quantitative estimate of drug-likeness (QED) is 0.332. The van der Waals surface area contributed by atoms with E-state index in [9.17, 15) is 14.7 Å². The number of aryl methyl sites for hydroxylation is 1. The van der Waals surface area contributed by atoms with Crippen LogP contribution in [0.25, 0.3) is 5.76 Å². The van der Waals surface area contributed by atoms with E-state index in [1.165, 1.54) is 4.90 Å². The lowest BCUT2D eigenvalue weighted by molar-refractivity contribution is -0.140. The van der Waals surface area contributed by atoms with Crippen molar-refractivity contribution in [2.75, 3.05) is 6.61 Å². The molecule has 1 aliphatic rings. The van der Waals surface area contributed by atoms with Gasteiger partial charge in [-0.3, -0.25) is 14.6 Å². The van der Waals surface area contributed by atoms with Crippen LogP contribution in [0.3, 0.4) is 0 Å². The lowest BCUT2D eigenvalue weighted by Crippen LogP contribution is -2.29. The number of ketones is 1. The van der Waals surface area contributed by atoms with Gasteiger partial charge in [0.05, 0.1) is 17.2 Å². The predicted octanol–water partition coefficient (Wildman–Crippen LogP) is 4.66. The van der Waals surface area contributed by atoms with Crippen molar-refractivity contribution in [3.05, 3.63) is 88.1 Å². The van der Waals surface area contributed by atoms with Crippen molar-refractivity contribution >= 4 is 29.1 Å². The zero-order chi connectivity index (χ0) is 22.8. The number of halogens is 1. The summed E-state index contributed by atoms with van der Waals surface area (Å²) in [7, 11) is 0. The Kier molecular flexibility index (Phi) is 6.01. The van der Waals surface area contributed by atoms with Crippen LogP contribution >= 0.6 is 11.6 Å². The normalized spacial score (nSPS) is 17.7. The number of amides is 1.